The monoisotopic (exact) mass is 326 g/mol. The summed E-state index contributed by atoms with van der Waals surface area (Å²) < 4.78 is 5.26. The van der Waals surface area contributed by atoms with Gasteiger partial charge in [-0.1, -0.05) is 11.6 Å². The van der Waals surface area contributed by atoms with Crippen LogP contribution in [-0.2, 0) is 4.79 Å². The molecule has 1 aliphatic rings. The van der Waals surface area contributed by atoms with Crippen molar-refractivity contribution in [3.63, 3.8) is 0 Å². The lowest BCUT2D eigenvalue weighted by Gasteiger charge is -2.36. The number of hydrogen-bond acceptors (Lipinski definition) is 4. The summed E-state index contributed by atoms with van der Waals surface area (Å²) in [6.07, 6.45) is 1.43. The van der Waals surface area contributed by atoms with Gasteiger partial charge >= 0.3 is 0 Å². The van der Waals surface area contributed by atoms with E-state index in [9.17, 15) is 9.90 Å². The van der Waals surface area contributed by atoms with Gasteiger partial charge in [-0.3, -0.25) is 4.79 Å². The van der Waals surface area contributed by atoms with Gasteiger partial charge in [0.05, 0.1) is 18.9 Å². The van der Waals surface area contributed by atoms with Crippen LogP contribution in [0.4, 0.5) is 5.69 Å². The molecule has 1 aromatic rings. The van der Waals surface area contributed by atoms with Crippen molar-refractivity contribution in [2.24, 2.45) is 0 Å². The second-order valence-electron chi connectivity index (χ2n) is 5.64. The number of rotatable bonds is 5. The van der Waals surface area contributed by atoms with Crippen LogP contribution in [-0.4, -0.2) is 48.3 Å². The molecule has 1 saturated heterocycles. The van der Waals surface area contributed by atoms with Crippen LogP contribution < -0.4 is 10.1 Å². The van der Waals surface area contributed by atoms with Gasteiger partial charge in [0.25, 0.3) is 0 Å². The van der Waals surface area contributed by atoms with E-state index >= 15 is 0 Å². The van der Waals surface area contributed by atoms with Gasteiger partial charge in [0.15, 0.2) is 0 Å². The van der Waals surface area contributed by atoms with E-state index < -0.39 is 0 Å². The number of nitrogens with zero attached hydrogens (tertiary/aromatic N) is 1. The van der Waals surface area contributed by atoms with E-state index in [0.29, 0.717) is 43.1 Å². The maximum atomic E-state index is 12.3. The van der Waals surface area contributed by atoms with Crippen molar-refractivity contribution in [2.45, 2.75) is 38.3 Å². The summed E-state index contributed by atoms with van der Waals surface area (Å²) in [7, 11) is 1.60. The first-order valence-electron chi connectivity index (χ1n) is 7.56. The largest absolute Gasteiger partial charge is 0.495 e. The molecule has 5 nitrogen and oxygen atoms in total. The van der Waals surface area contributed by atoms with E-state index in [1.807, 2.05) is 11.8 Å². The lowest BCUT2D eigenvalue weighted by Crippen LogP contribution is -2.46. The Morgan fingerprint density at radius 1 is 1.55 bits per heavy atom. The van der Waals surface area contributed by atoms with Crippen molar-refractivity contribution in [1.82, 2.24) is 4.90 Å². The van der Waals surface area contributed by atoms with Crippen LogP contribution in [0.3, 0.4) is 0 Å². The molecule has 1 aromatic carbocycles. The molecule has 22 heavy (non-hydrogen) atoms. The zero-order chi connectivity index (χ0) is 16.1. The molecule has 1 fully saturated rings. The summed E-state index contributed by atoms with van der Waals surface area (Å²) in [5, 5.41) is 13.4. The predicted octanol–water partition coefficient (Wildman–Crippen LogP) is 2.52. The zero-order valence-corrected chi connectivity index (χ0v) is 13.8. The number of carbonyl (C=O) groups excluding carboxylic acids is 1. The second kappa shape index (κ2) is 7.70. The zero-order valence-electron chi connectivity index (χ0n) is 13.0. The average Bonchev–Trinajstić information content (AvgIpc) is 2.47. The lowest BCUT2D eigenvalue weighted by molar-refractivity contribution is -0.135. The first-order chi connectivity index (χ1) is 10.5. The summed E-state index contributed by atoms with van der Waals surface area (Å²) >= 11 is 5.98. The Morgan fingerprint density at radius 2 is 2.32 bits per heavy atom. The van der Waals surface area contributed by atoms with Gasteiger partial charge in [0.2, 0.25) is 5.91 Å². The number of methoxy groups -OCH3 is 1. The Labute approximate surface area is 136 Å². The quantitative estimate of drug-likeness (QED) is 0.873. The number of nitrogens with one attached hydrogen (secondary N) is 1. The van der Waals surface area contributed by atoms with Crippen LogP contribution >= 0.6 is 11.6 Å². The molecule has 2 N–H and O–H groups in total. The number of anilines is 1. The standard InChI is InChI=1S/C16H23ClN2O3/c1-11-9-13(20)6-8-19(11)16(21)5-7-18-14-10-12(17)3-4-15(14)22-2/h3-4,10-11,13,18,20H,5-9H2,1-2H3/t11-,13-/m1/s1. The number of ether oxygens (including phenoxy) is 1. The number of aliphatic hydroxyl groups excluding tert-OH is 1. The van der Waals surface area contributed by atoms with E-state index in [4.69, 9.17) is 16.3 Å². The molecule has 2 rings (SSSR count). The number of likely N-dealkylation sites (tertiary alicyclic amines) is 1. The predicted molar refractivity (Wildman–Crippen MR) is 87.5 cm³/mol. The van der Waals surface area contributed by atoms with E-state index in [-0.39, 0.29) is 18.1 Å². The molecule has 0 spiro atoms. The fourth-order valence-corrected chi connectivity index (χ4v) is 2.96. The number of halogens is 1. The minimum absolute atomic E-state index is 0.0944. The molecule has 1 heterocycles. The first-order valence-corrected chi connectivity index (χ1v) is 7.94. The Hall–Kier alpha value is -1.46. The smallest absolute Gasteiger partial charge is 0.224 e. The van der Waals surface area contributed by atoms with Gasteiger partial charge in [-0.2, -0.15) is 0 Å². The van der Waals surface area contributed by atoms with Gasteiger partial charge in [0, 0.05) is 30.6 Å². The molecule has 122 valence electrons. The van der Waals surface area contributed by atoms with Gasteiger partial charge in [-0.25, -0.2) is 0 Å². The van der Waals surface area contributed by atoms with E-state index in [1.165, 1.54) is 0 Å². The van der Waals surface area contributed by atoms with Gasteiger partial charge in [-0.15, -0.1) is 0 Å². The highest BCUT2D eigenvalue weighted by Crippen LogP contribution is 2.27. The minimum atomic E-state index is -0.284. The van der Waals surface area contributed by atoms with Gasteiger partial charge in [-0.05, 0) is 38.0 Å². The molecule has 6 heteroatoms. The average molecular weight is 327 g/mol. The number of carbonyl (C=O) groups is 1. The SMILES string of the molecule is COc1ccc(Cl)cc1NCCC(=O)N1CC[C@@H](O)C[C@H]1C. The molecule has 1 amide bonds. The summed E-state index contributed by atoms with van der Waals surface area (Å²) in [5.41, 5.74) is 0.782. The summed E-state index contributed by atoms with van der Waals surface area (Å²) in [6.45, 7) is 3.12. The van der Waals surface area contributed by atoms with E-state index in [0.717, 1.165) is 5.69 Å². The van der Waals surface area contributed by atoms with Crippen LogP contribution in [0.1, 0.15) is 26.2 Å². The van der Waals surface area contributed by atoms with Crippen molar-refractivity contribution < 1.29 is 14.6 Å². The maximum Gasteiger partial charge on any atom is 0.224 e. The molecule has 0 aliphatic carbocycles. The van der Waals surface area contributed by atoms with Crippen molar-refractivity contribution in [1.29, 1.82) is 0 Å². The van der Waals surface area contributed by atoms with Crippen LogP contribution in [0, 0.1) is 0 Å². The highest BCUT2D eigenvalue weighted by atomic mass is 35.5. The topological polar surface area (TPSA) is 61.8 Å². The van der Waals surface area contributed by atoms with Crippen molar-refractivity contribution in [2.75, 3.05) is 25.5 Å². The molecule has 0 radical (unpaired) electrons. The summed E-state index contributed by atoms with van der Waals surface area (Å²) in [4.78, 5) is 14.1. The van der Waals surface area contributed by atoms with Crippen LogP contribution in [0.25, 0.3) is 0 Å². The molecular formula is C16H23ClN2O3. The van der Waals surface area contributed by atoms with Crippen molar-refractivity contribution in [3.05, 3.63) is 23.2 Å². The number of amides is 1. The molecule has 1 aliphatic heterocycles. The Balaban J connectivity index is 1.86. The van der Waals surface area contributed by atoms with Crippen LogP contribution in [0.15, 0.2) is 18.2 Å². The fraction of sp³-hybridized carbons (Fsp3) is 0.562. The maximum absolute atomic E-state index is 12.3. The molecular weight excluding hydrogens is 304 g/mol. The molecule has 0 unspecified atom stereocenters. The highest BCUT2D eigenvalue weighted by Gasteiger charge is 2.27. The Morgan fingerprint density at radius 3 is 3.00 bits per heavy atom. The number of piperidine rings is 1. The highest BCUT2D eigenvalue weighted by molar-refractivity contribution is 6.30. The third-order valence-electron chi connectivity index (χ3n) is 3.98. The molecule has 2 atom stereocenters. The van der Waals surface area contributed by atoms with E-state index in [1.54, 1.807) is 25.3 Å². The first kappa shape index (κ1) is 16.9. The van der Waals surface area contributed by atoms with Gasteiger partial charge < -0.3 is 20.1 Å². The third kappa shape index (κ3) is 4.27. The minimum Gasteiger partial charge on any atom is -0.495 e. The Bertz CT molecular complexity index is 524. The fourth-order valence-electron chi connectivity index (χ4n) is 2.78. The molecule has 0 aromatic heterocycles. The van der Waals surface area contributed by atoms with Crippen molar-refractivity contribution >= 4 is 23.2 Å². The summed E-state index contributed by atoms with van der Waals surface area (Å²) in [5.74, 6) is 0.805. The van der Waals surface area contributed by atoms with Crippen molar-refractivity contribution in [3.8, 4) is 5.75 Å². The number of aliphatic hydroxyl groups is 1. The molecule has 0 saturated carbocycles. The normalized spacial score (nSPS) is 21.5. The number of benzene rings is 1. The van der Waals surface area contributed by atoms with E-state index in [2.05, 4.69) is 5.32 Å². The number of hydrogen-bond donors (Lipinski definition) is 2. The third-order valence-corrected chi connectivity index (χ3v) is 4.22. The Kier molecular flexibility index (Phi) is 5.91. The van der Waals surface area contributed by atoms with Gasteiger partial charge in [0.1, 0.15) is 5.75 Å². The van der Waals surface area contributed by atoms with Crippen LogP contribution in [0.5, 0.6) is 5.75 Å². The molecule has 0 bridgehead atoms. The summed E-state index contributed by atoms with van der Waals surface area (Å²) in [6, 6.07) is 5.43. The van der Waals surface area contributed by atoms with Crippen LogP contribution in [0.2, 0.25) is 5.02 Å². The lowest BCUT2D eigenvalue weighted by atomic mass is 10.0. The second-order valence-corrected chi connectivity index (χ2v) is 6.07.